The van der Waals surface area contributed by atoms with Gasteiger partial charge in [0.05, 0.1) is 13.2 Å². The number of nitrogens with zero attached hydrogens (tertiary/aromatic N) is 1. The Morgan fingerprint density at radius 2 is 1.87 bits per heavy atom. The summed E-state index contributed by atoms with van der Waals surface area (Å²) in [6, 6.07) is 13.1. The number of aryl methyl sites for hydroxylation is 1. The summed E-state index contributed by atoms with van der Waals surface area (Å²) in [6.45, 7) is 1.98. The summed E-state index contributed by atoms with van der Waals surface area (Å²) in [5.41, 5.74) is 11.2. The number of ketones is 1. The van der Waals surface area contributed by atoms with Gasteiger partial charge in [0.15, 0.2) is 0 Å². The number of rotatable bonds is 4. The van der Waals surface area contributed by atoms with Gasteiger partial charge in [-0.15, -0.1) is 0 Å². The molecule has 0 spiro atoms. The van der Waals surface area contributed by atoms with E-state index in [0.29, 0.717) is 18.6 Å². The van der Waals surface area contributed by atoms with E-state index in [9.17, 15) is 4.79 Å². The molecule has 30 heavy (non-hydrogen) atoms. The Hall–Kier alpha value is -2.37. The number of nitrogens with two attached hydrogens (primary N) is 1. The van der Waals surface area contributed by atoms with Crippen LogP contribution in [-0.4, -0.2) is 43.0 Å². The van der Waals surface area contributed by atoms with E-state index in [1.807, 2.05) is 12.1 Å². The van der Waals surface area contributed by atoms with Crippen LogP contribution in [0.3, 0.4) is 0 Å². The first-order valence-corrected chi connectivity index (χ1v) is 11.1. The van der Waals surface area contributed by atoms with Crippen molar-refractivity contribution < 1.29 is 14.3 Å². The highest BCUT2D eigenvalue weighted by Crippen LogP contribution is 2.41. The van der Waals surface area contributed by atoms with Gasteiger partial charge in [-0.05, 0) is 73.2 Å². The molecule has 0 unspecified atom stereocenters. The van der Waals surface area contributed by atoms with Gasteiger partial charge in [-0.25, -0.2) is 0 Å². The Labute approximate surface area is 178 Å². The molecule has 1 fully saturated rings. The second kappa shape index (κ2) is 8.05. The fourth-order valence-electron chi connectivity index (χ4n) is 5.30. The highest BCUT2D eigenvalue weighted by Gasteiger charge is 2.39. The molecule has 3 atom stereocenters. The molecule has 5 nitrogen and oxygen atoms in total. The van der Waals surface area contributed by atoms with Gasteiger partial charge in [0.1, 0.15) is 23.4 Å². The Balaban J connectivity index is 1.46. The van der Waals surface area contributed by atoms with E-state index in [1.165, 1.54) is 16.7 Å². The quantitative estimate of drug-likeness (QED) is 0.845. The summed E-state index contributed by atoms with van der Waals surface area (Å²) in [4.78, 5) is 14.3. The van der Waals surface area contributed by atoms with Gasteiger partial charge < -0.3 is 15.2 Å². The summed E-state index contributed by atoms with van der Waals surface area (Å²) in [7, 11) is 1.71. The van der Waals surface area contributed by atoms with E-state index in [2.05, 4.69) is 29.2 Å². The van der Waals surface area contributed by atoms with Crippen LogP contribution in [0.25, 0.3) is 0 Å². The van der Waals surface area contributed by atoms with Gasteiger partial charge in [0.25, 0.3) is 0 Å². The van der Waals surface area contributed by atoms with E-state index in [0.717, 1.165) is 55.8 Å². The second-order valence-corrected chi connectivity index (χ2v) is 8.92. The normalized spacial score (nSPS) is 26.2. The van der Waals surface area contributed by atoms with Crippen LogP contribution in [-0.2, 0) is 24.1 Å². The monoisotopic (exact) mass is 406 g/mol. The van der Waals surface area contributed by atoms with E-state index >= 15 is 0 Å². The van der Waals surface area contributed by atoms with Crippen molar-refractivity contribution in [2.45, 2.75) is 56.7 Å². The Bertz CT molecular complexity index is 957. The van der Waals surface area contributed by atoms with Crippen molar-refractivity contribution in [3.8, 4) is 11.5 Å². The predicted octanol–water partition coefficient (Wildman–Crippen LogP) is 3.22. The maximum atomic E-state index is 11.8. The minimum atomic E-state index is -0.0522. The van der Waals surface area contributed by atoms with Crippen LogP contribution < -0.4 is 15.2 Å². The lowest BCUT2D eigenvalue weighted by atomic mass is 9.91. The summed E-state index contributed by atoms with van der Waals surface area (Å²) >= 11 is 0. The molecular weight excluding hydrogens is 376 g/mol. The van der Waals surface area contributed by atoms with Gasteiger partial charge in [0.2, 0.25) is 0 Å². The van der Waals surface area contributed by atoms with Gasteiger partial charge in [-0.1, -0.05) is 12.1 Å². The second-order valence-electron chi connectivity index (χ2n) is 8.92. The van der Waals surface area contributed by atoms with Crippen molar-refractivity contribution in [1.82, 2.24) is 4.90 Å². The van der Waals surface area contributed by atoms with Crippen molar-refractivity contribution >= 4 is 5.78 Å². The molecule has 0 aromatic heterocycles. The zero-order valence-electron chi connectivity index (χ0n) is 17.6. The molecule has 1 saturated heterocycles. The molecule has 0 radical (unpaired) electrons. The number of ether oxygens (including phenoxy) is 2. The van der Waals surface area contributed by atoms with Gasteiger partial charge in [-0.3, -0.25) is 9.69 Å². The van der Waals surface area contributed by atoms with Crippen LogP contribution in [0, 0.1) is 0 Å². The van der Waals surface area contributed by atoms with Crippen molar-refractivity contribution in [1.29, 1.82) is 0 Å². The van der Waals surface area contributed by atoms with Crippen molar-refractivity contribution in [3.63, 3.8) is 0 Å². The molecule has 2 aromatic rings. The molecule has 1 heterocycles. The third-order valence-electron chi connectivity index (χ3n) is 6.90. The average molecular weight is 407 g/mol. The molecule has 2 N–H and O–H groups in total. The largest absolute Gasteiger partial charge is 0.497 e. The Kier molecular flexibility index (Phi) is 5.25. The number of likely N-dealkylation sites (tertiary alicyclic amines) is 1. The molecule has 2 aromatic carbocycles. The molecule has 0 bridgehead atoms. The lowest BCUT2D eigenvalue weighted by molar-refractivity contribution is -0.118. The zero-order chi connectivity index (χ0) is 20.7. The van der Waals surface area contributed by atoms with Crippen LogP contribution in [0.1, 0.15) is 47.6 Å². The van der Waals surface area contributed by atoms with Gasteiger partial charge >= 0.3 is 0 Å². The van der Waals surface area contributed by atoms with E-state index in [1.54, 1.807) is 7.11 Å². The van der Waals surface area contributed by atoms with Crippen LogP contribution in [0.5, 0.6) is 11.5 Å². The molecule has 0 amide bonds. The minimum Gasteiger partial charge on any atom is -0.497 e. The molecule has 2 aliphatic carbocycles. The van der Waals surface area contributed by atoms with Crippen LogP contribution in [0.4, 0.5) is 0 Å². The van der Waals surface area contributed by atoms with Crippen LogP contribution >= 0.6 is 0 Å². The van der Waals surface area contributed by atoms with Crippen molar-refractivity contribution in [2.24, 2.45) is 5.73 Å². The summed E-state index contributed by atoms with van der Waals surface area (Å²) in [5, 5.41) is 0. The lowest BCUT2D eigenvalue weighted by Gasteiger charge is -2.38. The molecule has 5 rings (SSSR count). The smallest absolute Gasteiger partial charge is 0.140 e. The topological polar surface area (TPSA) is 64.8 Å². The molecule has 158 valence electrons. The molecule has 0 saturated carbocycles. The lowest BCUT2D eigenvalue weighted by Crippen LogP contribution is -2.49. The Morgan fingerprint density at radius 1 is 1.03 bits per heavy atom. The fourth-order valence-corrected chi connectivity index (χ4v) is 5.30. The van der Waals surface area contributed by atoms with Crippen LogP contribution in [0.15, 0.2) is 36.4 Å². The van der Waals surface area contributed by atoms with E-state index < -0.39 is 0 Å². The highest BCUT2D eigenvalue weighted by atomic mass is 16.5. The zero-order valence-corrected chi connectivity index (χ0v) is 17.6. The number of piperidine rings is 1. The number of Topliss-reactive ketones (excluding diaryl/α,β-unsaturated/α-hetero) is 1. The Morgan fingerprint density at radius 3 is 2.70 bits per heavy atom. The number of benzene rings is 2. The molecule has 1 aliphatic heterocycles. The SMILES string of the molecule is COc1ccc2c(c1)[C@@H](Oc1ccc3c(c1)CCC(=O)C3)[C@H](N1CCC[C@@H](N)C1)C2. The number of hydrogen-bond acceptors (Lipinski definition) is 5. The molecular formula is C25H30N2O3. The van der Waals surface area contributed by atoms with Crippen LogP contribution in [0.2, 0.25) is 0 Å². The molecule has 3 aliphatic rings. The maximum absolute atomic E-state index is 11.8. The molecule has 5 heteroatoms. The van der Waals surface area contributed by atoms with Crippen molar-refractivity contribution in [3.05, 3.63) is 58.7 Å². The average Bonchev–Trinajstić information content (AvgIpc) is 3.11. The number of hydrogen-bond donors (Lipinski definition) is 1. The fraction of sp³-hybridized carbons (Fsp3) is 0.480. The number of carbonyl (C=O) groups excluding carboxylic acids is 1. The standard InChI is InChI=1S/C25H30N2O3/c1-29-21-8-6-18-13-24(27-10-2-3-19(26)15-27)25(23(18)14-21)30-22-9-5-16-11-20(28)7-4-17(16)12-22/h5-6,8-9,12,14,19,24-25H,2-4,7,10-11,13,15,26H2,1H3/t19-,24-,25-/m1/s1. The number of methoxy groups -OCH3 is 1. The first-order valence-electron chi connectivity index (χ1n) is 11.1. The maximum Gasteiger partial charge on any atom is 0.140 e. The summed E-state index contributed by atoms with van der Waals surface area (Å²) in [6.07, 6.45) is 5.14. The predicted molar refractivity (Wildman–Crippen MR) is 116 cm³/mol. The van der Waals surface area contributed by atoms with E-state index in [-0.39, 0.29) is 18.2 Å². The first kappa shape index (κ1) is 19.6. The minimum absolute atomic E-state index is 0.0522. The van der Waals surface area contributed by atoms with Gasteiger partial charge in [0, 0.05) is 31.0 Å². The first-order chi connectivity index (χ1) is 14.6. The summed E-state index contributed by atoms with van der Waals surface area (Å²) in [5.74, 6) is 2.08. The van der Waals surface area contributed by atoms with Crippen molar-refractivity contribution in [2.75, 3.05) is 20.2 Å². The third kappa shape index (κ3) is 3.72. The van der Waals surface area contributed by atoms with Gasteiger partial charge in [-0.2, -0.15) is 0 Å². The third-order valence-corrected chi connectivity index (χ3v) is 6.90. The van der Waals surface area contributed by atoms with E-state index in [4.69, 9.17) is 15.2 Å². The number of fused-ring (bicyclic) bond motifs is 2. The summed E-state index contributed by atoms with van der Waals surface area (Å²) < 4.78 is 12.2. The number of carbonyl (C=O) groups is 1. The highest BCUT2D eigenvalue weighted by molar-refractivity contribution is 5.83.